The maximum absolute atomic E-state index is 13.1. The highest BCUT2D eigenvalue weighted by atomic mass is 79.9. The van der Waals surface area contributed by atoms with Gasteiger partial charge in [0.05, 0.1) is 6.42 Å². The average Bonchev–Trinajstić information content (AvgIpc) is 2.65. The minimum atomic E-state index is -0.551. The van der Waals surface area contributed by atoms with Gasteiger partial charge in [-0.05, 0) is 50.5 Å². The normalized spacial score (nSPS) is 12.9. The second-order valence-electron chi connectivity index (χ2n) is 7.31. The molecule has 4 nitrogen and oxygen atoms in total. The zero-order valence-electron chi connectivity index (χ0n) is 17.0. The van der Waals surface area contributed by atoms with Gasteiger partial charge in [-0.3, -0.25) is 9.59 Å². The van der Waals surface area contributed by atoms with Crippen molar-refractivity contribution in [1.82, 2.24) is 10.2 Å². The summed E-state index contributed by atoms with van der Waals surface area (Å²) < 4.78 is 0.952. The van der Waals surface area contributed by atoms with E-state index in [0.717, 1.165) is 27.6 Å². The molecule has 150 valence electrons. The molecule has 2 aromatic carbocycles. The highest BCUT2D eigenvalue weighted by Gasteiger charge is 2.26. The Balaban J connectivity index is 2.23. The van der Waals surface area contributed by atoms with E-state index in [2.05, 4.69) is 21.2 Å². The van der Waals surface area contributed by atoms with Crippen LogP contribution in [0.2, 0.25) is 0 Å². The Labute approximate surface area is 176 Å². The molecule has 2 amide bonds. The Morgan fingerprint density at radius 2 is 1.75 bits per heavy atom. The maximum atomic E-state index is 13.1. The van der Waals surface area contributed by atoms with Crippen molar-refractivity contribution in [3.8, 4) is 0 Å². The minimum absolute atomic E-state index is 0.0580. The van der Waals surface area contributed by atoms with E-state index >= 15 is 0 Å². The zero-order chi connectivity index (χ0) is 20.7. The van der Waals surface area contributed by atoms with Gasteiger partial charge in [0.2, 0.25) is 11.8 Å². The SMILES string of the molecule is CC[C@H](C)NC(=O)[C@@H](C)N(Cc1cccc(Br)c1)C(=O)Cc1cccc(C)c1. The fourth-order valence-corrected chi connectivity index (χ4v) is 3.43. The molecule has 0 fully saturated rings. The molecule has 5 heteroatoms. The first-order chi connectivity index (χ1) is 13.3. The Morgan fingerprint density at radius 1 is 1.07 bits per heavy atom. The smallest absolute Gasteiger partial charge is 0.242 e. The molecule has 0 saturated heterocycles. The molecule has 0 unspecified atom stereocenters. The number of nitrogens with zero attached hydrogens (tertiary/aromatic N) is 1. The molecule has 0 spiro atoms. The molecule has 0 aromatic heterocycles. The van der Waals surface area contributed by atoms with Crippen molar-refractivity contribution < 1.29 is 9.59 Å². The minimum Gasteiger partial charge on any atom is -0.352 e. The van der Waals surface area contributed by atoms with Gasteiger partial charge in [0.1, 0.15) is 6.04 Å². The van der Waals surface area contributed by atoms with Crippen molar-refractivity contribution >= 4 is 27.7 Å². The third-order valence-corrected chi connectivity index (χ3v) is 5.34. The molecule has 0 aliphatic carbocycles. The van der Waals surface area contributed by atoms with E-state index in [0.29, 0.717) is 6.54 Å². The number of hydrogen-bond donors (Lipinski definition) is 1. The molecule has 28 heavy (non-hydrogen) atoms. The summed E-state index contributed by atoms with van der Waals surface area (Å²) in [5.74, 6) is -0.181. The molecule has 1 N–H and O–H groups in total. The molecule has 0 bridgehead atoms. The van der Waals surface area contributed by atoms with Crippen LogP contribution in [0.3, 0.4) is 0 Å². The molecular formula is C23H29BrN2O2. The van der Waals surface area contributed by atoms with Crippen LogP contribution < -0.4 is 5.32 Å². The summed E-state index contributed by atoms with van der Waals surface area (Å²) in [7, 11) is 0. The van der Waals surface area contributed by atoms with Crippen molar-refractivity contribution in [2.24, 2.45) is 0 Å². The molecule has 2 aromatic rings. The van der Waals surface area contributed by atoms with E-state index in [1.54, 1.807) is 11.8 Å². The Bertz CT molecular complexity index is 822. The lowest BCUT2D eigenvalue weighted by atomic mass is 10.1. The van der Waals surface area contributed by atoms with Crippen LogP contribution >= 0.6 is 15.9 Å². The summed E-state index contributed by atoms with van der Waals surface area (Å²) in [6.45, 7) is 8.19. The first-order valence-electron chi connectivity index (χ1n) is 9.70. The fourth-order valence-electron chi connectivity index (χ4n) is 2.98. The summed E-state index contributed by atoms with van der Waals surface area (Å²) >= 11 is 3.48. The number of carbonyl (C=O) groups excluding carboxylic acids is 2. The van der Waals surface area contributed by atoms with E-state index in [9.17, 15) is 9.59 Å². The highest BCUT2D eigenvalue weighted by Crippen LogP contribution is 2.17. The predicted molar refractivity (Wildman–Crippen MR) is 117 cm³/mol. The van der Waals surface area contributed by atoms with Crippen molar-refractivity contribution in [1.29, 1.82) is 0 Å². The lowest BCUT2D eigenvalue weighted by Crippen LogP contribution is -2.49. The zero-order valence-corrected chi connectivity index (χ0v) is 18.6. The van der Waals surface area contributed by atoms with Crippen molar-refractivity contribution in [3.05, 3.63) is 69.7 Å². The lowest BCUT2D eigenvalue weighted by Gasteiger charge is -2.30. The predicted octanol–water partition coefficient (Wildman–Crippen LogP) is 4.63. The molecule has 2 atom stereocenters. The third-order valence-electron chi connectivity index (χ3n) is 4.85. The number of nitrogens with one attached hydrogen (secondary N) is 1. The maximum Gasteiger partial charge on any atom is 0.242 e. The lowest BCUT2D eigenvalue weighted by molar-refractivity contribution is -0.140. The van der Waals surface area contributed by atoms with Crippen LogP contribution in [0.4, 0.5) is 0 Å². The highest BCUT2D eigenvalue weighted by molar-refractivity contribution is 9.10. The van der Waals surface area contributed by atoms with E-state index in [-0.39, 0.29) is 24.3 Å². The quantitative estimate of drug-likeness (QED) is 0.644. The summed E-state index contributed by atoms with van der Waals surface area (Å²) in [4.78, 5) is 27.5. The van der Waals surface area contributed by atoms with Gasteiger partial charge in [0.25, 0.3) is 0 Å². The van der Waals surface area contributed by atoms with Gasteiger partial charge in [-0.1, -0.05) is 64.8 Å². The number of halogens is 1. The Hall–Kier alpha value is -2.14. The van der Waals surface area contributed by atoms with E-state index in [4.69, 9.17) is 0 Å². The van der Waals surface area contributed by atoms with Crippen LogP contribution in [-0.2, 0) is 22.6 Å². The summed E-state index contributed by atoms with van der Waals surface area (Å²) in [5.41, 5.74) is 3.06. The second kappa shape index (κ2) is 10.4. The molecule has 0 radical (unpaired) electrons. The van der Waals surface area contributed by atoms with Crippen molar-refractivity contribution in [2.75, 3.05) is 0 Å². The van der Waals surface area contributed by atoms with Gasteiger partial charge in [0.15, 0.2) is 0 Å². The molecule has 0 heterocycles. The van der Waals surface area contributed by atoms with Gasteiger partial charge in [-0.15, -0.1) is 0 Å². The van der Waals surface area contributed by atoms with Crippen LogP contribution in [0.5, 0.6) is 0 Å². The third kappa shape index (κ3) is 6.48. The monoisotopic (exact) mass is 444 g/mol. The van der Waals surface area contributed by atoms with Gasteiger partial charge < -0.3 is 10.2 Å². The fraction of sp³-hybridized carbons (Fsp3) is 0.391. The van der Waals surface area contributed by atoms with E-state index in [1.165, 1.54) is 0 Å². The number of amides is 2. The largest absolute Gasteiger partial charge is 0.352 e. The number of rotatable bonds is 8. The summed E-state index contributed by atoms with van der Waals surface area (Å²) in [5, 5.41) is 2.99. The van der Waals surface area contributed by atoms with Crippen LogP contribution in [0.15, 0.2) is 53.0 Å². The summed E-state index contributed by atoms with van der Waals surface area (Å²) in [6.07, 6.45) is 1.12. The topological polar surface area (TPSA) is 49.4 Å². The molecule has 2 rings (SSSR count). The number of benzene rings is 2. The van der Waals surface area contributed by atoms with Crippen LogP contribution in [-0.4, -0.2) is 28.8 Å². The number of aryl methyl sites for hydroxylation is 1. The van der Waals surface area contributed by atoms with E-state index in [1.807, 2.05) is 69.3 Å². The van der Waals surface area contributed by atoms with Crippen LogP contribution in [0.25, 0.3) is 0 Å². The number of hydrogen-bond acceptors (Lipinski definition) is 2. The first kappa shape index (κ1) is 22.2. The van der Waals surface area contributed by atoms with Crippen LogP contribution in [0.1, 0.15) is 43.9 Å². The molecular weight excluding hydrogens is 416 g/mol. The van der Waals surface area contributed by atoms with Crippen LogP contribution in [0, 0.1) is 6.92 Å². The van der Waals surface area contributed by atoms with E-state index < -0.39 is 6.04 Å². The summed E-state index contributed by atoms with van der Waals surface area (Å²) in [6, 6.07) is 15.3. The molecule has 0 aliphatic heterocycles. The van der Waals surface area contributed by atoms with Crippen molar-refractivity contribution in [3.63, 3.8) is 0 Å². The first-order valence-corrected chi connectivity index (χ1v) is 10.5. The van der Waals surface area contributed by atoms with Gasteiger partial charge in [-0.25, -0.2) is 0 Å². The Kier molecular flexibility index (Phi) is 8.24. The number of carbonyl (C=O) groups is 2. The average molecular weight is 445 g/mol. The van der Waals surface area contributed by atoms with Crippen molar-refractivity contribution in [2.45, 2.75) is 59.2 Å². The Morgan fingerprint density at radius 3 is 2.39 bits per heavy atom. The van der Waals surface area contributed by atoms with Gasteiger partial charge in [0, 0.05) is 17.1 Å². The van der Waals surface area contributed by atoms with Gasteiger partial charge in [-0.2, -0.15) is 0 Å². The second-order valence-corrected chi connectivity index (χ2v) is 8.23. The molecule has 0 saturated carbocycles. The molecule has 0 aliphatic rings. The standard InChI is InChI=1S/C23H29BrN2O2/c1-5-17(3)25-23(28)18(4)26(15-20-10-7-11-21(24)13-20)22(27)14-19-9-6-8-16(2)12-19/h6-13,17-18H,5,14-15H2,1-4H3,(H,25,28)/t17-,18+/m0/s1. The van der Waals surface area contributed by atoms with Gasteiger partial charge >= 0.3 is 0 Å².